The molecule has 7 nitrogen and oxygen atoms in total. The summed E-state index contributed by atoms with van der Waals surface area (Å²) in [5, 5.41) is 7.32. The van der Waals surface area contributed by atoms with E-state index in [0.717, 1.165) is 4.88 Å². The van der Waals surface area contributed by atoms with Crippen molar-refractivity contribution in [1.82, 2.24) is 0 Å². The molecule has 32 heavy (non-hydrogen) atoms. The number of carbonyl (C=O) groups is 2. The van der Waals surface area contributed by atoms with Crippen LogP contribution in [0.3, 0.4) is 0 Å². The van der Waals surface area contributed by atoms with E-state index >= 15 is 0 Å². The van der Waals surface area contributed by atoms with E-state index in [0.29, 0.717) is 21.5 Å². The zero-order valence-electron chi connectivity index (χ0n) is 16.7. The number of ether oxygens (including phenoxy) is 1. The lowest BCUT2D eigenvalue weighted by atomic mass is 10.1. The molecule has 0 saturated carbocycles. The second-order valence-corrected chi connectivity index (χ2v) is 8.57. The minimum absolute atomic E-state index is 0.0325. The second kappa shape index (κ2) is 8.10. The first kappa shape index (κ1) is 20.2. The molecule has 1 amide bonds. The third-order valence-corrected chi connectivity index (χ3v) is 6.58. The fourth-order valence-electron chi connectivity index (χ4n) is 3.34. The molecule has 1 aromatic carbocycles. The highest BCUT2D eigenvalue weighted by molar-refractivity contribution is 7.17. The van der Waals surface area contributed by atoms with Gasteiger partial charge in [-0.15, -0.1) is 22.7 Å². The Morgan fingerprint density at radius 2 is 1.91 bits per heavy atom. The summed E-state index contributed by atoms with van der Waals surface area (Å²) in [6.07, 6.45) is 0. The van der Waals surface area contributed by atoms with Crippen LogP contribution in [0.25, 0.3) is 32.6 Å². The van der Waals surface area contributed by atoms with E-state index < -0.39 is 11.9 Å². The Balaban J connectivity index is 1.53. The maximum Gasteiger partial charge on any atom is 0.341 e. The zero-order valence-corrected chi connectivity index (χ0v) is 18.3. The van der Waals surface area contributed by atoms with Gasteiger partial charge >= 0.3 is 11.7 Å². The zero-order chi connectivity index (χ0) is 22.2. The molecule has 0 unspecified atom stereocenters. The predicted octanol–water partition coefficient (Wildman–Crippen LogP) is 5.76. The number of anilines is 1. The van der Waals surface area contributed by atoms with E-state index in [9.17, 15) is 14.4 Å². The number of thiophene rings is 2. The van der Waals surface area contributed by atoms with Gasteiger partial charge in [0.05, 0.1) is 12.0 Å². The van der Waals surface area contributed by atoms with Crippen LogP contribution in [0.15, 0.2) is 66.9 Å². The van der Waals surface area contributed by atoms with E-state index in [2.05, 4.69) is 5.32 Å². The van der Waals surface area contributed by atoms with Gasteiger partial charge in [-0.25, -0.2) is 4.79 Å². The summed E-state index contributed by atoms with van der Waals surface area (Å²) < 4.78 is 16.4. The van der Waals surface area contributed by atoms with Gasteiger partial charge in [-0.05, 0) is 30.5 Å². The van der Waals surface area contributed by atoms with Crippen LogP contribution in [0.4, 0.5) is 5.00 Å². The highest BCUT2D eigenvalue weighted by Crippen LogP contribution is 2.38. The monoisotopic (exact) mass is 465 g/mol. The smallest absolute Gasteiger partial charge is 0.341 e. The molecule has 0 aliphatic rings. The van der Waals surface area contributed by atoms with Gasteiger partial charge in [-0.2, -0.15) is 0 Å². The molecule has 5 aromatic rings. The number of furan rings is 1. The number of carbonyl (C=O) groups excluding carboxylic acids is 2. The number of benzene rings is 1. The Morgan fingerprint density at radius 3 is 2.69 bits per heavy atom. The maximum atomic E-state index is 12.9. The average Bonchev–Trinajstić information content (AvgIpc) is 3.53. The van der Waals surface area contributed by atoms with Crippen LogP contribution in [-0.4, -0.2) is 18.5 Å². The molecule has 0 fully saturated rings. The van der Waals surface area contributed by atoms with E-state index in [1.54, 1.807) is 36.6 Å². The Bertz CT molecular complexity index is 1520. The van der Waals surface area contributed by atoms with Gasteiger partial charge in [0, 0.05) is 21.9 Å². The summed E-state index contributed by atoms with van der Waals surface area (Å²) in [6, 6.07) is 11.9. The second-order valence-electron chi connectivity index (χ2n) is 6.74. The number of amides is 1. The SMILES string of the molecule is CCOC(=O)c1c(-c2cccs2)csc1NC(=O)c1cc2c(=O)c3ccccc3oc2o1. The molecule has 4 aromatic heterocycles. The fourth-order valence-corrected chi connectivity index (χ4v) is 5.11. The maximum absolute atomic E-state index is 12.9. The van der Waals surface area contributed by atoms with Crippen molar-refractivity contribution in [3.05, 3.63) is 74.8 Å². The molecular formula is C23H15NO6S2. The minimum atomic E-state index is -0.606. The van der Waals surface area contributed by atoms with Gasteiger partial charge in [0.25, 0.3) is 5.91 Å². The largest absolute Gasteiger partial charge is 0.462 e. The van der Waals surface area contributed by atoms with Crippen LogP contribution < -0.4 is 10.7 Å². The molecule has 5 rings (SSSR count). The lowest BCUT2D eigenvalue weighted by molar-refractivity contribution is 0.0529. The number of hydrogen-bond acceptors (Lipinski definition) is 8. The molecule has 0 aliphatic heterocycles. The Kier molecular flexibility index (Phi) is 5.12. The first-order valence-electron chi connectivity index (χ1n) is 9.66. The van der Waals surface area contributed by atoms with Gasteiger partial charge in [0.1, 0.15) is 21.5 Å². The van der Waals surface area contributed by atoms with Crippen LogP contribution in [0.5, 0.6) is 0 Å². The fraction of sp³-hybridized carbons (Fsp3) is 0.0870. The lowest BCUT2D eigenvalue weighted by Crippen LogP contribution is -2.14. The highest BCUT2D eigenvalue weighted by atomic mass is 32.1. The Labute approximate surface area is 188 Å². The van der Waals surface area contributed by atoms with Crippen LogP contribution in [0, 0.1) is 0 Å². The van der Waals surface area contributed by atoms with E-state index in [1.165, 1.54) is 28.7 Å². The minimum Gasteiger partial charge on any atom is -0.462 e. The van der Waals surface area contributed by atoms with Crippen LogP contribution in [0.1, 0.15) is 27.8 Å². The van der Waals surface area contributed by atoms with Gasteiger partial charge in [0.2, 0.25) is 5.43 Å². The van der Waals surface area contributed by atoms with E-state index in [-0.39, 0.29) is 34.5 Å². The molecule has 1 N–H and O–H groups in total. The number of fused-ring (bicyclic) bond motifs is 2. The molecule has 9 heteroatoms. The van der Waals surface area contributed by atoms with Gasteiger partial charge in [-0.3, -0.25) is 9.59 Å². The Hall–Kier alpha value is -3.69. The molecule has 0 atom stereocenters. The molecular weight excluding hydrogens is 450 g/mol. The molecule has 0 spiro atoms. The summed E-state index contributed by atoms with van der Waals surface area (Å²) in [5.41, 5.74) is 1.05. The molecule has 0 aliphatic carbocycles. The normalized spacial score (nSPS) is 11.2. The summed E-state index contributed by atoms with van der Waals surface area (Å²) in [4.78, 5) is 39.2. The van der Waals surface area contributed by atoms with Crippen molar-refractivity contribution in [1.29, 1.82) is 0 Å². The predicted molar refractivity (Wildman–Crippen MR) is 124 cm³/mol. The Morgan fingerprint density at radius 1 is 1.06 bits per heavy atom. The summed E-state index contributed by atoms with van der Waals surface area (Å²) in [5.74, 6) is -1.27. The lowest BCUT2D eigenvalue weighted by Gasteiger charge is -2.07. The number of para-hydroxylation sites is 1. The molecule has 4 heterocycles. The topological polar surface area (TPSA) is 98.8 Å². The van der Waals surface area contributed by atoms with Crippen LogP contribution in [-0.2, 0) is 4.74 Å². The molecule has 0 radical (unpaired) electrons. The van der Waals surface area contributed by atoms with Crippen molar-refractivity contribution >= 4 is 61.7 Å². The molecule has 160 valence electrons. The first-order chi connectivity index (χ1) is 15.6. The third-order valence-electron chi connectivity index (χ3n) is 4.79. The van der Waals surface area contributed by atoms with Crippen LogP contribution >= 0.6 is 22.7 Å². The molecule has 0 bridgehead atoms. The van der Waals surface area contributed by atoms with Crippen molar-refractivity contribution in [2.45, 2.75) is 6.92 Å². The standard InChI is InChI=1S/C23H15NO6S2/c1-2-28-22(27)18-14(17-8-5-9-31-17)11-32-21(18)24-20(26)16-10-13-19(25)12-6-3-4-7-15(12)29-23(13)30-16/h3-11H,2H2,1H3,(H,24,26). The highest BCUT2D eigenvalue weighted by Gasteiger charge is 2.25. The summed E-state index contributed by atoms with van der Waals surface area (Å²) in [6.45, 7) is 1.92. The van der Waals surface area contributed by atoms with E-state index in [1.807, 2.05) is 17.5 Å². The first-order valence-corrected chi connectivity index (χ1v) is 11.4. The number of rotatable bonds is 5. The number of nitrogens with one attached hydrogen (secondary N) is 1. The number of hydrogen-bond donors (Lipinski definition) is 1. The van der Waals surface area contributed by atoms with E-state index in [4.69, 9.17) is 13.6 Å². The summed E-state index contributed by atoms with van der Waals surface area (Å²) in [7, 11) is 0. The summed E-state index contributed by atoms with van der Waals surface area (Å²) >= 11 is 2.69. The average molecular weight is 466 g/mol. The van der Waals surface area contributed by atoms with Crippen molar-refractivity contribution in [2.24, 2.45) is 0 Å². The third kappa shape index (κ3) is 3.41. The van der Waals surface area contributed by atoms with Crippen molar-refractivity contribution < 1.29 is 23.2 Å². The van der Waals surface area contributed by atoms with Crippen LogP contribution in [0.2, 0.25) is 0 Å². The number of esters is 1. The quantitative estimate of drug-likeness (QED) is 0.332. The van der Waals surface area contributed by atoms with Crippen molar-refractivity contribution in [2.75, 3.05) is 11.9 Å². The van der Waals surface area contributed by atoms with Gasteiger partial charge < -0.3 is 18.9 Å². The van der Waals surface area contributed by atoms with Crippen molar-refractivity contribution in [3.8, 4) is 10.4 Å². The van der Waals surface area contributed by atoms with Crippen molar-refractivity contribution in [3.63, 3.8) is 0 Å². The molecule has 0 saturated heterocycles. The van der Waals surface area contributed by atoms with Gasteiger partial charge in [0.15, 0.2) is 5.76 Å². The van der Waals surface area contributed by atoms with Gasteiger partial charge in [-0.1, -0.05) is 18.2 Å².